The zero-order valence-corrected chi connectivity index (χ0v) is 14.8. The summed E-state index contributed by atoms with van der Waals surface area (Å²) in [5.74, 6) is -0.683. The first-order chi connectivity index (χ1) is 13.1. The fourth-order valence-electron chi connectivity index (χ4n) is 2.65. The van der Waals surface area contributed by atoms with Gasteiger partial charge >= 0.3 is 12.0 Å². The van der Waals surface area contributed by atoms with Gasteiger partial charge in [-0.2, -0.15) is 0 Å². The number of benzene rings is 2. The Morgan fingerprint density at radius 1 is 1.11 bits per heavy atom. The molecule has 3 amide bonds. The van der Waals surface area contributed by atoms with E-state index in [0.29, 0.717) is 24.3 Å². The Bertz CT molecular complexity index is 873. The van der Waals surface area contributed by atoms with Crippen LogP contribution in [0.5, 0.6) is 0 Å². The zero-order chi connectivity index (χ0) is 19.2. The second-order valence-electron chi connectivity index (χ2n) is 5.87. The molecular weight excluding hydrogens is 346 g/mol. The fraction of sp³-hybridized carbons (Fsp3) is 0.150. The lowest BCUT2D eigenvalue weighted by molar-refractivity contribution is -0.111. The van der Waals surface area contributed by atoms with Crippen LogP contribution in [0.25, 0.3) is 6.08 Å². The van der Waals surface area contributed by atoms with Gasteiger partial charge in [-0.05, 0) is 48.0 Å². The van der Waals surface area contributed by atoms with Crippen molar-refractivity contribution in [3.05, 3.63) is 65.7 Å². The molecule has 2 aromatic carbocycles. The maximum absolute atomic E-state index is 12.1. The van der Waals surface area contributed by atoms with Crippen molar-refractivity contribution in [1.82, 2.24) is 5.32 Å². The van der Waals surface area contributed by atoms with Crippen LogP contribution >= 0.6 is 0 Å². The Kier molecular flexibility index (Phi) is 5.51. The molecule has 0 aromatic heterocycles. The van der Waals surface area contributed by atoms with Gasteiger partial charge in [0, 0.05) is 30.5 Å². The number of methoxy groups -OCH3 is 1. The van der Waals surface area contributed by atoms with Gasteiger partial charge in [-0.3, -0.25) is 9.69 Å². The molecule has 0 unspecified atom stereocenters. The molecule has 2 N–H and O–H groups in total. The Balaban J connectivity index is 1.58. The van der Waals surface area contributed by atoms with E-state index in [4.69, 9.17) is 0 Å². The third-order valence-electron chi connectivity index (χ3n) is 4.06. The van der Waals surface area contributed by atoms with Crippen LogP contribution in [0.2, 0.25) is 0 Å². The molecule has 7 heteroatoms. The van der Waals surface area contributed by atoms with E-state index in [1.165, 1.54) is 13.2 Å². The number of hydrogen-bond donors (Lipinski definition) is 2. The molecule has 3 rings (SSSR count). The van der Waals surface area contributed by atoms with Crippen LogP contribution in [-0.2, 0) is 9.53 Å². The predicted molar refractivity (Wildman–Crippen MR) is 103 cm³/mol. The molecule has 0 spiro atoms. The van der Waals surface area contributed by atoms with E-state index in [1.807, 2.05) is 0 Å². The summed E-state index contributed by atoms with van der Waals surface area (Å²) >= 11 is 0. The van der Waals surface area contributed by atoms with E-state index in [1.54, 1.807) is 59.5 Å². The second kappa shape index (κ2) is 8.18. The van der Waals surface area contributed by atoms with Crippen LogP contribution in [0.15, 0.2) is 54.6 Å². The van der Waals surface area contributed by atoms with Gasteiger partial charge in [0.25, 0.3) is 0 Å². The lowest BCUT2D eigenvalue weighted by Crippen LogP contribution is -2.27. The lowest BCUT2D eigenvalue weighted by atomic mass is 10.1. The topological polar surface area (TPSA) is 87.7 Å². The van der Waals surface area contributed by atoms with E-state index in [2.05, 4.69) is 15.4 Å². The summed E-state index contributed by atoms with van der Waals surface area (Å²) in [7, 11) is 1.33. The van der Waals surface area contributed by atoms with Gasteiger partial charge < -0.3 is 15.4 Å². The van der Waals surface area contributed by atoms with Crippen molar-refractivity contribution in [3.63, 3.8) is 0 Å². The van der Waals surface area contributed by atoms with E-state index >= 15 is 0 Å². The molecule has 138 valence electrons. The van der Waals surface area contributed by atoms with Crippen molar-refractivity contribution < 1.29 is 19.1 Å². The molecule has 2 aromatic rings. The highest BCUT2D eigenvalue weighted by atomic mass is 16.5. The largest absolute Gasteiger partial charge is 0.465 e. The Hall–Kier alpha value is -3.61. The number of rotatable bonds is 5. The number of nitrogens with one attached hydrogen (secondary N) is 2. The molecule has 1 fully saturated rings. The summed E-state index contributed by atoms with van der Waals surface area (Å²) < 4.78 is 4.64. The van der Waals surface area contributed by atoms with Gasteiger partial charge in [-0.1, -0.05) is 12.1 Å². The van der Waals surface area contributed by atoms with Gasteiger partial charge in [-0.25, -0.2) is 9.59 Å². The number of nitrogens with zero attached hydrogens (tertiary/aromatic N) is 1. The van der Waals surface area contributed by atoms with E-state index in [9.17, 15) is 14.4 Å². The minimum absolute atomic E-state index is 0.118. The third-order valence-corrected chi connectivity index (χ3v) is 4.06. The van der Waals surface area contributed by atoms with Crippen LogP contribution < -0.4 is 15.5 Å². The molecule has 1 saturated heterocycles. The molecule has 1 heterocycles. The highest BCUT2D eigenvalue weighted by molar-refractivity contribution is 6.02. The van der Waals surface area contributed by atoms with Gasteiger partial charge in [-0.15, -0.1) is 0 Å². The van der Waals surface area contributed by atoms with Crippen LogP contribution in [-0.4, -0.2) is 38.1 Å². The summed E-state index contributed by atoms with van der Waals surface area (Å²) in [5, 5.41) is 5.50. The van der Waals surface area contributed by atoms with Crippen molar-refractivity contribution in [3.8, 4) is 0 Å². The maximum atomic E-state index is 12.1. The molecule has 7 nitrogen and oxygen atoms in total. The van der Waals surface area contributed by atoms with E-state index in [-0.39, 0.29) is 11.9 Å². The fourth-order valence-corrected chi connectivity index (χ4v) is 2.65. The number of carbonyl (C=O) groups is 3. The Morgan fingerprint density at radius 3 is 2.41 bits per heavy atom. The van der Waals surface area contributed by atoms with Gasteiger partial charge in [0.1, 0.15) is 0 Å². The molecule has 0 saturated carbocycles. The van der Waals surface area contributed by atoms with Crippen molar-refractivity contribution in [2.45, 2.75) is 0 Å². The molecule has 0 aliphatic carbocycles. The molecule has 0 atom stereocenters. The summed E-state index contributed by atoms with van der Waals surface area (Å²) in [6.45, 7) is 1.25. The molecule has 1 aliphatic rings. The minimum Gasteiger partial charge on any atom is -0.465 e. The first-order valence-electron chi connectivity index (χ1n) is 8.40. The first kappa shape index (κ1) is 18.2. The number of hydrogen-bond acceptors (Lipinski definition) is 4. The van der Waals surface area contributed by atoms with Crippen LogP contribution in [0.4, 0.5) is 16.2 Å². The zero-order valence-electron chi connectivity index (χ0n) is 14.8. The Labute approximate surface area is 156 Å². The third kappa shape index (κ3) is 4.52. The minimum atomic E-state index is -0.405. The van der Waals surface area contributed by atoms with Crippen molar-refractivity contribution >= 4 is 35.4 Å². The number of urea groups is 1. The molecular formula is C20H19N3O4. The van der Waals surface area contributed by atoms with Crippen molar-refractivity contribution in [2.75, 3.05) is 30.4 Å². The number of carbonyl (C=O) groups excluding carboxylic acids is 3. The highest BCUT2D eigenvalue weighted by Gasteiger charge is 2.20. The summed E-state index contributed by atoms with van der Waals surface area (Å²) in [4.78, 5) is 36.7. The summed E-state index contributed by atoms with van der Waals surface area (Å²) in [5.41, 5.74) is 2.65. The quantitative estimate of drug-likeness (QED) is 0.630. The van der Waals surface area contributed by atoms with E-state index < -0.39 is 5.97 Å². The number of anilines is 2. The number of esters is 1. The van der Waals surface area contributed by atoms with E-state index in [0.717, 1.165) is 11.3 Å². The normalized spacial score (nSPS) is 13.5. The molecule has 27 heavy (non-hydrogen) atoms. The first-order valence-corrected chi connectivity index (χ1v) is 8.40. The average Bonchev–Trinajstić information content (AvgIpc) is 3.12. The smallest absolute Gasteiger partial charge is 0.337 e. The summed E-state index contributed by atoms with van der Waals surface area (Å²) in [6.07, 6.45) is 3.06. The van der Waals surface area contributed by atoms with Crippen LogP contribution in [0.1, 0.15) is 15.9 Å². The van der Waals surface area contributed by atoms with Crippen LogP contribution in [0.3, 0.4) is 0 Å². The predicted octanol–water partition coefficient (Wildman–Crippen LogP) is 2.65. The standard InChI is InChI=1S/C20H19N3O4/c1-27-19(25)15-5-2-14(3-6-15)4-11-18(24)22-16-7-9-17(10-8-16)23-13-12-21-20(23)26/h2-11H,12-13H2,1H3,(H,21,26)(H,22,24)/b11-4+. The molecule has 0 bridgehead atoms. The lowest BCUT2D eigenvalue weighted by Gasteiger charge is -2.14. The second-order valence-corrected chi connectivity index (χ2v) is 5.87. The highest BCUT2D eigenvalue weighted by Crippen LogP contribution is 2.19. The summed E-state index contributed by atoms with van der Waals surface area (Å²) in [6, 6.07) is 13.7. The van der Waals surface area contributed by atoms with Crippen molar-refractivity contribution in [2.24, 2.45) is 0 Å². The molecule has 1 aliphatic heterocycles. The van der Waals surface area contributed by atoms with Crippen LogP contribution in [0, 0.1) is 0 Å². The number of amides is 3. The number of ether oxygens (including phenoxy) is 1. The average molecular weight is 365 g/mol. The monoisotopic (exact) mass is 365 g/mol. The van der Waals surface area contributed by atoms with Crippen molar-refractivity contribution in [1.29, 1.82) is 0 Å². The Morgan fingerprint density at radius 2 is 1.81 bits per heavy atom. The van der Waals surface area contributed by atoms with Gasteiger partial charge in [0.15, 0.2) is 0 Å². The van der Waals surface area contributed by atoms with Gasteiger partial charge in [0.05, 0.1) is 12.7 Å². The SMILES string of the molecule is COC(=O)c1ccc(/C=C/C(=O)Nc2ccc(N3CCNC3=O)cc2)cc1. The maximum Gasteiger partial charge on any atom is 0.337 e. The molecule has 0 radical (unpaired) electrons. The van der Waals surface area contributed by atoms with Gasteiger partial charge in [0.2, 0.25) is 5.91 Å².